The van der Waals surface area contributed by atoms with Crippen LogP contribution in [0, 0.1) is 0 Å². The number of methoxy groups -OCH3 is 1. The number of likely N-dealkylation sites (N-methyl/N-ethyl adjacent to an activating group) is 1. The molecule has 2 aromatic carbocycles. The van der Waals surface area contributed by atoms with Gasteiger partial charge in [-0.3, -0.25) is 9.69 Å². The number of carbonyl (C=O) groups excluding carboxylic acids is 3. The molecule has 2 aromatic rings. The maximum atomic E-state index is 14.0. The molecule has 0 aromatic heterocycles. The predicted octanol–water partition coefficient (Wildman–Crippen LogP) is 4.84. The number of nitrogens with zero attached hydrogens (tertiary/aromatic N) is 5. The summed E-state index contributed by atoms with van der Waals surface area (Å²) in [6.45, 7) is 6.92. The minimum absolute atomic E-state index is 0.0134. The Morgan fingerprint density at radius 3 is 2.23 bits per heavy atom. The molecule has 0 aliphatic carbocycles. The summed E-state index contributed by atoms with van der Waals surface area (Å²) in [7, 11) is 3.78. The SMILES string of the molecule is COc1ccc2c(c1)CCN(C1CCN(C(=O)OC(Cc3ccc(Cl)c(Cl)c3)C(=O)N3CCC(N4CCN(C)CC4)CC3)CC1)C(=O)N2. The highest BCUT2D eigenvalue weighted by Gasteiger charge is 2.36. The monoisotopic (exact) mass is 700 g/mol. The third-order valence-electron chi connectivity index (χ3n) is 10.4. The Balaban J connectivity index is 1.06. The van der Waals surface area contributed by atoms with Gasteiger partial charge in [0, 0.05) is 83.1 Å². The van der Waals surface area contributed by atoms with E-state index in [1.165, 1.54) is 0 Å². The Labute approximate surface area is 293 Å². The Morgan fingerprint density at radius 2 is 1.54 bits per heavy atom. The summed E-state index contributed by atoms with van der Waals surface area (Å²) in [4.78, 5) is 51.0. The lowest BCUT2D eigenvalue weighted by Gasteiger charge is -2.42. The molecule has 13 heteroatoms. The van der Waals surface area contributed by atoms with Crippen molar-refractivity contribution in [2.75, 3.05) is 78.4 Å². The van der Waals surface area contributed by atoms with Crippen molar-refractivity contribution in [2.24, 2.45) is 0 Å². The number of hydrogen-bond donors (Lipinski definition) is 1. The lowest BCUT2D eigenvalue weighted by Crippen LogP contribution is -2.54. The Kier molecular flexibility index (Phi) is 11.2. The molecule has 1 N–H and O–H groups in total. The third-order valence-corrected chi connectivity index (χ3v) is 11.1. The van der Waals surface area contributed by atoms with E-state index in [0.29, 0.717) is 68.1 Å². The first-order chi connectivity index (χ1) is 23.2. The van der Waals surface area contributed by atoms with Crippen molar-refractivity contribution in [3.63, 3.8) is 0 Å². The molecule has 4 aliphatic heterocycles. The number of nitrogens with one attached hydrogen (secondary N) is 1. The van der Waals surface area contributed by atoms with Crippen molar-refractivity contribution in [3.05, 3.63) is 57.6 Å². The van der Waals surface area contributed by atoms with E-state index in [4.69, 9.17) is 32.7 Å². The zero-order chi connectivity index (χ0) is 33.8. The summed E-state index contributed by atoms with van der Waals surface area (Å²) in [5, 5.41) is 3.86. The Hall–Kier alpha value is -3.25. The molecule has 0 spiro atoms. The summed E-state index contributed by atoms with van der Waals surface area (Å²) in [6.07, 6.45) is 2.45. The van der Waals surface area contributed by atoms with E-state index < -0.39 is 12.2 Å². The highest BCUT2D eigenvalue weighted by molar-refractivity contribution is 6.42. The second kappa shape index (κ2) is 15.5. The van der Waals surface area contributed by atoms with Crippen molar-refractivity contribution in [2.45, 2.75) is 56.7 Å². The highest BCUT2D eigenvalue weighted by Crippen LogP contribution is 2.29. The van der Waals surface area contributed by atoms with Crippen LogP contribution in [0.1, 0.15) is 36.8 Å². The van der Waals surface area contributed by atoms with Crippen LogP contribution in [0.5, 0.6) is 5.75 Å². The van der Waals surface area contributed by atoms with E-state index >= 15 is 0 Å². The maximum Gasteiger partial charge on any atom is 0.410 e. The van der Waals surface area contributed by atoms with Crippen LogP contribution in [-0.2, 0) is 22.4 Å². The number of urea groups is 1. The van der Waals surface area contributed by atoms with Gasteiger partial charge in [-0.15, -0.1) is 0 Å². The number of piperazine rings is 1. The van der Waals surface area contributed by atoms with Crippen LogP contribution in [0.25, 0.3) is 0 Å². The first kappa shape index (κ1) is 34.6. The molecule has 260 valence electrons. The van der Waals surface area contributed by atoms with Gasteiger partial charge >= 0.3 is 12.1 Å². The van der Waals surface area contributed by atoms with Crippen LogP contribution >= 0.6 is 23.2 Å². The van der Waals surface area contributed by atoms with Gasteiger partial charge in [0.05, 0.1) is 17.2 Å². The normalized spacial score (nSPS) is 20.9. The lowest BCUT2D eigenvalue weighted by atomic mass is 10.0. The zero-order valence-corrected chi connectivity index (χ0v) is 29.3. The van der Waals surface area contributed by atoms with Crippen LogP contribution in [-0.4, -0.2) is 134 Å². The smallest absolute Gasteiger partial charge is 0.410 e. The lowest BCUT2D eigenvalue weighted by molar-refractivity contribution is -0.142. The largest absolute Gasteiger partial charge is 0.497 e. The van der Waals surface area contributed by atoms with Gasteiger partial charge in [-0.25, -0.2) is 9.59 Å². The average Bonchev–Trinajstić information content (AvgIpc) is 3.27. The van der Waals surface area contributed by atoms with E-state index in [1.54, 1.807) is 24.1 Å². The van der Waals surface area contributed by atoms with E-state index in [1.807, 2.05) is 34.1 Å². The molecule has 4 heterocycles. The van der Waals surface area contributed by atoms with Crippen molar-refractivity contribution in [1.29, 1.82) is 0 Å². The number of amides is 4. The van der Waals surface area contributed by atoms with Gasteiger partial charge in [0.2, 0.25) is 0 Å². The minimum Gasteiger partial charge on any atom is -0.497 e. The fourth-order valence-electron chi connectivity index (χ4n) is 7.36. The van der Waals surface area contributed by atoms with Gasteiger partial charge in [-0.1, -0.05) is 29.3 Å². The number of halogens is 2. The Morgan fingerprint density at radius 1 is 0.854 bits per heavy atom. The number of likely N-dealkylation sites (tertiary alicyclic amines) is 2. The summed E-state index contributed by atoms with van der Waals surface area (Å²) < 4.78 is 11.4. The van der Waals surface area contributed by atoms with Crippen molar-refractivity contribution in [1.82, 2.24) is 24.5 Å². The summed E-state index contributed by atoms with van der Waals surface area (Å²) >= 11 is 12.5. The summed E-state index contributed by atoms with van der Waals surface area (Å²) in [5.41, 5.74) is 2.60. The molecule has 0 bridgehead atoms. The molecule has 4 aliphatic rings. The maximum absolute atomic E-state index is 14.0. The van der Waals surface area contributed by atoms with Crippen LogP contribution in [0.3, 0.4) is 0 Å². The first-order valence-corrected chi connectivity index (χ1v) is 17.8. The zero-order valence-electron chi connectivity index (χ0n) is 27.8. The van der Waals surface area contributed by atoms with Gasteiger partial charge in [0.1, 0.15) is 5.75 Å². The second-order valence-corrected chi connectivity index (χ2v) is 14.1. The van der Waals surface area contributed by atoms with Crippen molar-refractivity contribution < 1.29 is 23.9 Å². The van der Waals surface area contributed by atoms with Crippen LogP contribution in [0.4, 0.5) is 15.3 Å². The standard InChI is InChI=1S/C35H46Cl2N6O5/c1-39-17-19-40(20-18-39)26-8-12-41(13-9-26)33(44)32(22-24-3-5-29(36)30(37)21-24)48-35(46)42-14-10-27(11-15-42)43-16-7-25-23-28(47-2)4-6-31(25)38-34(43)45/h3-6,21,23,26-27,32H,7-20,22H2,1-2H3,(H,38,45). The number of fused-ring (bicyclic) bond motifs is 1. The van der Waals surface area contributed by atoms with E-state index in [-0.39, 0.29) is 24.4 Å². The molecule has 0 saturated carbocycles. The topological polar surface area (TPSA) is 97.9 Å². The number of carbonyl (C=O) groups is 3. The number of benzene rings is 2. The Bertz CT molecular complexity index is 1470. The molecule has 11 nitrogen and oxygen atoms in total. The van der Waals surface area contributed by atoms with Gasteiger partial charge in [0.15, 0.2) is 6.10 Å². The predicted molar refractivity (Wildman–Crippen MR) is 186 cm³/mol. The molecule has 48 heavy (non-hydrogen) atoms. The van der Waals surface area contributed by atoms with Crippen molar-refractivity contribution in [3.8, 4) is 5.75 Å². The second-order valence-electron chi connectivity index (χ2n) is 13.3. The molecule has 1 atom stereocenters. The molecule has 1 unspecified atom stereocenters. The number of anilines is 1. The number of piperidine rings is 2. The molecule has 6 rings (SSSR count). The van der Waals surface area contributed by atoms with Crippen LogP contribution < -0.4 is 10.1 Å². The van der Waals surface area contributed by atoms with Gasteiger partial charge < -0.3 is 34.4 Å². The van der Waals surface area contributed by atoms with Gasteiger partial charge in [-0.2, -0.15) is 0 Å². The van der Waals surface area contributed by atoms with Crippen molar-refractivity contribution >= 4 is 46.9 Å². The fraction of sp³-hybridized carbons (Fsp3) is 0.571. The molecule has 0 radical (unpaired) electrons. The summed E-state index contributed by atoms with van der Waals surface area (Å²) in [5.74, 6) is 0.577. The molecular weight excluding hydrogens is 655 g/mol. The van der Waals surface area contributed by atoms with Crippen LogP contribution in [0.15, 0.2) is 36.4 Å². The molecule has 3 fully saturated rings. The summed E-state index contributed by atoms with van der Waals surface area (Å²) in [6, 6.07) is 11.2. The first-order valence-electron chi connectivity index (χ1n) is 17.0. The fourth-order valence-corrected chi connectivity index (χ4v) is 7.68. The molecular formula is C35H46Cl2N6O5. The van der Waals surface area contributed by atoms with Crippen LogP contribution in [0.2, 0.25) is 10.0 Å². The van der Waals surface area contributed by atoms with E-state index in [0.717, 1.165) is 61.6 Å². The van der Waals surface area contributed by atoms with E-state index in [9.17, 15) is 14.4 Å². The highest BCUT2D eigenvalue weighted by atomic mass is 35.5. The van der Waals surface area contributed by atoms with Gasteiger partial charge in [-0.05, 0) is 80.6 Å². The van der Waals surface area contributed by atoms with E-state index in [2.05, 4.69) is 22.2 Å². The number of rotatable bonds is 7. The third kappa shape index (κ3) is 8.13. The number of hydrogen-bond acceptors (Lipinski definition) is 7. The average molecular weight is 702 g/mol. The van der Waals surface area contributed by atoms with Gasteiger partial charge in [0.25, 0.3) is 5.91 Å². The number of ether oxygens (including phenoxy) is 2. The minimum atomic E-state index is -0.987. The quantitative estimate of drug-likeness (QED) is 0.442. The molecule has 4 amide bonds. The molecule has 3 saturated heterocycles.